The fourth-order valence-corrected chi connectivity index (χ4v) is 2.87. The van der Waals surface area contributed by atoms with Crippen LogP contribution in [0.3, 0.4) is 0 Å². The van der Waals surface area contributed by atoms with Gasteiger partial charge in [-0.1, -0.05) is 12.1 Å². The van der Waals surface area contributed by atoms with Gasteiger partial charge in [0.1, 0.15) is 11.9 Å². The van der Waals surface area contributed by atoms with Crippen molar-refractivity contribution in [2.24, 2.45) is 0 Å². The Morgan fingerprint density at radius 1 is 1.55 bits per heavy atom. The number of aromatic nitrogens is 2. The second-order valence-electron chi connectivity index (χ2n) is 5.51. The van der Waals surface area contributed by atoms with E-state index in [1.165, 1.54) is 0 Å². The molecule has 2 N–H and O–H groups in total. The molecule has 1 aromatic heterocycles. The van der Waals surface area contributed by atoms with Crippen molar-refractivity contribution >= 4 is 16.9 Å². The average Bonchev–Trinajstić information content (AvgIpc) is 2.94. The summed E-state index contributed by atoms with van der Waals surface area (Å²) < 4.78 is 7.48. The lowest BCUT2D eigenvalue weighted by Gasteiger charge is -2.24. The van der Waals surface area contributed by atoms with Gasteiger partial charge in [0.2, 0.25) is 5.91 Å². The Hall–Kier alpha value is -1.92. The predicted octanol–water partition coefficient (Wildman–Crippen LogP) is 1.22. The first-order chi connectivity index (χ1) is 10.7. The number of aryl methyl sites for hydroxylation is 1. The van der Waals surface area contributed by atoms with Crippen molar-refractivity contribution in [1.29, 1.82) is 0 Å². The van der Waals surface area contributed by atoms with Crippen LogP contribution in [-0.4, -0.2) is 41.3 Å². The van der Waals surface area contributed by atoms with Crippen molar-refractivity contribution in [2.75, 3.05) is 19.8 Å². The lowest BCUT2D eigenvalue weighted by molar-refractivity contribution is -0.126. The minimum Gasteiger partial charge on any atom is -0.378 e. The molecule has 6 nitrogen and oxygen atoms in total. The number of hydrogen-bond donors (Lipinski definition) is 2. The van der Waals surface area contributed by atoms with Gasteiger partial charge in [0, 0.05) is 13.1 Å². The third kappa shape index (κ3) is 2.84. The van der Waals surface area contributed by atoms with E-state index in [9.17, 15) is 4.79 Å². The van der Waals surface area contributed by atoms with E-state index >= 15 is 0 Å². The van der Waals surface area contributed by atoms with Gasteiger partial charge in [-0.05, 0) is 26.0 Å². The highest BCUT2D eigenvalue weighted by atomic mass is 16.5. The van der Waals surface area contributed by atoms with Crippen LogP contribution in [0.25, 0.3) is 11.0 Å². The molecule has 118 valence electrons. The van der Waals surface area contributed by atoms with E-state index in [0.29, 0.717) is 19.8 Å². The smallest absolute Gasteiger partial charge is 0.240 e. The molecule has 1 saturated heterocycles. The van der Waals surface area contributed by atoms with Gasteiger partial charge >= 0.3 is 0 Å². The van der Waals surface area contributed by atoms with E-state index in [2.05, 4.69) is 33.2 Å². The number of carbonyl (C=O) groups is 1. The van der Waals surface area contributed by atoms with Gasteiger partial charge < -0.3 is 19.9 Å². The summed E-state index contributed by atoms with van der Waals surface area (Å²) >= 11 is 0. The molecule has 22 heavy (non-hydrogen) atoms. The molecule has 0 spiro atoms. The summed E-state index contributed by atoms with van der Waals surface area (Å²) in [5, 5.41) is 6.20. The standard InChI is InChI=1S/C16H22N4O2/c1-3-20-14-7-5-4-6-12(14)19-15(20)11(2)18-16(21)13-10-22-9-8-17-13/h4-7,11,13,17H,3,8-10H2,1-2H3,(H,18,21). The van der Waals surface area contributed by atoms with Crippen molar-refractivity contribution in [3.05, 3.63) is 30.1 Å². The largest absolute Gasteiger partial charge is 0.378 e. The Balaban J connectivity index is 1.79. The van der Waals surface area contributed by atoms with E-state index < -0.39 is 0 Å². The van der Waals surface area contributed by atoms with Crippen LogP contribution in [0.15, 0.2) is 24.3 Å². The van der Waals surface area contributed by atoms with Gasteiger partial charge in [-0.2, -0.15) is 0 Å². The number of imidazole rings is 1. The first-order valence-electron chi connectivity index (χ1n) is 7.77. The molecular formula is C16H22N4O2. The summed E-state index contributed by atoms with van der Waals surface area (Å²) in [5.41, 5.74) is 2.06. The molecule has 0 bridgehead atoms. The van der Waals surface area contributed by atoms with Crippen molar-refractivity contribution in [3.63, 3.8) is 0 Å². The predicted molar refractivity (Wildman–Crippen MR) is 84.6 cm³/mol. The van der Waals surface area contributed by atoms with Crippen molar-refractivity contribution in [3.8, 4) is 0 Å². The Morgan fingerprint density at radius 3 is 3.09 bits per heavy atom. The normalized spacial score (nSPS) is 20.0. The van der Waals surface area contributed by atoms with Gasteiger partial charge in [-0.3, -0.25) is 4.79 Å². The quantitative estimate of drug-likeness (QED) is 0.891. The Morgan fingerprint density at radius 2 is 2.36 bits per heavy atom. The Kier molecular flexibility index (Phi) is 4.40. The number of ether oxygens (including phenoxy) is 1. The highest BCUT2D eigenvalue weighted by Crippen LogP contribution is 2.20. The topological polar surface area (TPSA) is 68.2 Å². The van der Waals surface area contributed by atoms with Crippen molar-refractivity contribution in [2.45, 2.75) is 32.5 Å². The summed E-state index contributed by atoms with van der Waals surface area (Å²) in [6.07, 6.45) is 0. The maximum Gasteiger partial charge on any atom is 0.240 e. The van der Waals surface area contributed by atoms with Gasteiger partial charge in [-0.15, -0.1) is 0 Å². The highest BCUT2D eigenvalue weighted by molar-refractivity contribution is 5.82. The van der Waals surface area contributed by atoms with E-state index in [1.54, 1.807) is 0 Å². The molecule has 1 aliphatic rings. The fraction of sp³-hybridized carbons (Fsp3) is 0.500. The number of amides is 1. The SMILES string of the molecule is CCn1c(C(C)NC(=O)C2COCCN2)nc2ccccc21. The summed E-state index contributed by atoms with van der Waals surface area (Å²) in [7, 11) is 0. The minimum atomic E-state index is -0.282. The zero-order valence-electron chi connectivity index (χ0n) is 13.0. The van der Waals surface area contributed by atoms with E-state index in [-0.39, 0.29) is 18.0 Å². The molecule has 0 radical (unpaired) electrons. The molecule has 6 heteroatoms. The number of nitrogens with zero attached hydrogens (tertiary/aromatic N) is 2. The third-order valence-electron chi connectivity index (χ3n) is 3.98. The van der Waals surface area contributed by atoms with Crippen LogP contribution in [0.4, 0.5) is 0 Å². The lowest BCUT2D eigenvalue weighted by atomic mass is 10.2. The second-order valence-corrected chi connectivity index (χ2v) is 5.51. The number of rotatable bonds is 4. The van der Waals surface area contributed by atoms with Crippen LogP contribution in [0.5, 0.6) is 0 Å². The first-order valence-corrected chi connectivity index (χ1v) is 7.77. The highest BCUT2D eigenvalue weighted by Gasteiger charge is 2.24. The summed E-state index contributed by atoms with van der Waals surface area (Å²) in [6, 6.07) is 7.61. The van der Waals surface area contributed by atoms with Crippen LogP contribution in [0.2, 0.25) is 0 Å². The minimum absolute atomic E-state index is 0.0399. The molecule has 1 fully saturated rings. The zero-order valence-corrected chi connectivity index (χ0v) is 13.0. The molecule has 0 aliphatic carbocycles. The monoisotopic (exact) mass is 302 g/mol. The third-order valence-corrected chi connectivity index (χ3v) is 3.98. The second kappa shape index (κ2) is 6.46. The number of carbonyl (C=O) groups excluding carboxylic acids is 1. The summed E-state index contributed by atoms with van der Waals surface area (Å²) in [5.74, 6) is 0.843. The number of nitrogens with one attached hydrogen (secondary N) is 2. The van der Waals surface area contributed by atoms with Crippen LogP contribution in [0, 0.1) is 0 Å². The maximum atomic E-state index is 12.3. The lowest BCUT2D eigenvalue weighted by Crippen LogP contribution is -2.51. The van der Waals surface area contributed by atoms with Gasteiger partial charge in [0.05, 0.1) is 30.3 Å². The van der Waals surface area contributed by atoms with Crippen LogP contribution in [0.1, 0.15) is 25.7 Å². The van der Waals surface area contributed by atoms with Crippen molar-refractivity contribution < 1.29 is 9.53 Å². The molecule has 1 aromatic carbocycles. The molecule has 0 saturated carbocycles. The van der Waals surface area contributed by atoms with Crippen LogP contribution in [-0.2, 0) is 16.1 Å². The van der Waals surface area contributed by atoms with Gasteiger partial charge in [0.15, 0.2) is 0 Å². The Bertz CT molecular complexity index is 661. The Labute approximate surface area is 129 Å². The molecule has 2 unspecified atom stereocenters. The van der Waals surface area contributed by atoms with E-state index in [1.807, 2.05) is 25.1 Å². The number of benzene rings is 1. The molecular weight excluding hydrogens is 280 g/mol. The average molecular weight is 302 g/mol. The first kappa shape index (κ1) is 15.0. The molecule has 1 amide bonds. The van der Waals surface area contributed by atoms with E-state index in [0.717, 1.165) is 23.4 Å². The van der Waals surface area contributed by atoms with Crippen molar-refractivity contribution in [1.82, 2.24) is 20.2 Å². The fourth-order valence-electron chi connectivity index (χ4n) is 2.87. The zero-order chi connectivity index (χ0) is 15.5. The molecule has 2 aromatic rings. The summed E-state index contributed by atoms with van der Waals surface area (Å²) in [6.45, 7) is 6.66. The maximum absolute atomic E-state index is 12.3. The van der Waals surface area contributed by atoms with Gasteiger partial charge in [0.25, 0.3) is 0 Å². The molecule has 1 aliphatic heterocycles. The van der Waals surface area contributed by atoms with E-state index in [4.69, 9.17) is 4.74 Å². The molecule has 3 rings (SSSR count). The number of hydrogen-bond acceptors (Lipinski definition) is 4. The number of para-hydroxylation sites is 2. The molecule has 2 heterocycles. The van der Waals surface area contributed by atoms with Crippen LogP contribution >= 0.6 is 0 Å². The summed E-state index contributed by atoms with van der Waals surface area (Å²) in [4.78, 5) is 17.0. The number of morpholine rings is 1. The van der Waals surface area contributed by atoms with Crippen LogP contribution < -0.4 is 10.6 Å². The van der Waals surface area contributed by atoms with Gasteiger partial charge in [-0.25, -0.2) is 4.98 Å². The molecule has 2 atom stereocenters. The number of fused-ring (bicyclic) bond motifs is 1.